The van der Waals surface area contributed by atoms with E-state index in [-0.39, 0.29) is 18.1 Å². The number of benzene rings is 1. The maximum atomic E-state index is 11.6. The lowest BCUT2D eigenvalue weighted by Crippen LogP contribution is -2.12. The van der Waals surface area contributed by atoms with Crippen molar-refractivity contribution in [1.29, 1.82) is 5.26 Å². The molecule has 8 heteroatoms. The van der Waals surface area contributed by atoms with Crippen molar-refractivity contribution in [2.24, 2.45) is 4.99 Å². The predicted octanol–water partition coefficient (Wildman–Crippen LogP) is 1.01. The monoisotopic (exact) mass is 313 g/mol. The second kappa shape index (κ2) is 7.89. The second-order valence-electron chi connectivity index (χ2n) is 3.84. The number of nitrogens with zero attached hydrogens (tertiary/aromatic N) is 2. The third kappa shape index (κ3) is 5.61. The van der Waals surface area contributed by atoms with E-state index in [1.54, 1.807) is 36.7 Å². The molecule has 0 aliphatic heterocycles. The fourth-order valence-corrected chi connectivity index (χ4v) is 2.89. The second-order valence-corrected chi connectivity index (χ2v) is 6.82. The highest BCUT2D eigenvalue weighted by Gasteiger charge is 2.10. The summed E-state index contributed by atoms with van der Waals surface area (Å²) < 4.78 is 23.1. The van der Waals surface area contributed by atoms with E-state index in [4.69, 9.17) is 10.4 Å². The minimum Gasteiger partial charge on any atom is -0.395 e. The normalized spacial score (nSPS) is 11.9. The molecule has 108 valence electrons. The Bertz CT molecular complexity index is 604. The van der Waals surface area contributed by atoms with Crippen LogP contribution in [0.5, 0.6) is 0 Å². The van der Waals surface area contributed by atoms with Gasteiger partial charge in [0.05, 0.1) is 23.8 Å². The van der Waals surface area contributed by atoms with E-state index in [0.717, 1.165) is 0 Å². The Balaban J connectivity index is 2.82. The van der Waals surface area contributed by atoms with Gasteiger partial charge in [-0.2, -0.15) is 5.26 Å². The number of nitrogens with one attached hydrogen (secondary N) is 1. The van der Waals surface area contributed by atoms with Gasteiger partial charge in [-0.05, 0) is 24.0 Å². The van der Waals surface area contributed by atoms with E-state index < -0.39 is 9.84 Å². The molecular weight excluding hydrogens is 298 g/mol. The molecule has 0 aliphatic carbocycles. The number of aliphatic hydroxyl groups excluding tert-OH is 1. The zero-order chi connectivity index (χ0) is 15.0. The number of hydrogen-bond acceptors (Lipinski definition) is 6. The Morgan fingerprint density at radius 1 is 1.45 bits per heavy atom. The summed E-state index contributed by atoms with van der Waals surface area (Å²) in [5, 5.41) is 20.1. The maximum Gasteiger partial charge on any atom is 0.183 e. The van der Waals surface area contributed by atoms with Crippen molar-refractivity contribution in [1.82, 2.24) is 5.32 Å². The molecule has 0 radical (unpaired) electrons. The van der Waals surface area contributed by atoms with Gasteiger partial charge in [0.1, 0.15) is 0 Å². The molecule has 0 fully saturated rings. The summed E-state index contributed by atoms with van der Waals surface area (Å²) in [4.78, 5) is 4.20. The molecule has 6 nitrogen and oxygen atoms in total. The van der Waals surface area contributed by atoms with Crippen LogP contribution in [0.15, 0.2) is 29.3 Å². The molecule has 0 atom stereocenters. The van der Waals surface area contributed by atoms with Crippen LogP contribution >= 0.6 is 11.8 Å². The highest BCUT2D eigenvalue weighted by atomic mass is 32.2. The van der Waals surface area contributed by atoms with Crippen molar-refractivity contribution in [2.45, 2.75) is 5.75 Å². The third-order valence-corrected chi connectivity index (χ3v) is 4.47. The van der Waals surface area contributed by atoms with Gasteiger partial charge in [0, 0.05) is 0 Å². The Hall–Kier alpha value is -1.56. The Morgan fingerprint density at radius 3 is 2.60 bits per heavy atom. The van der Waals surface area contributed by atoms with Gasteiger partial charge < -0.3 is 5.11 Å². The lowest BCUT2D eigenvalue weighted by atomic mass is 10.2. The molecule has 0 heterocycles. The number of rotatable bonds is 5. The largest absolute Gasteiger partial charge is 0.395 e. The SMILES string of the molecule is CSC(=Nc1ccc(CS(=O)(=O)CCO)cc1)NC#N. The minimum absolute atomic E-state index is 0.108. The first kappa shape index (κ1) is 16.5. The van der Waals surface area contributed by atoms with Gasteiger partial charge in [0.15, 0.2) is 21.2 Å². The van der Waals surface area contributed by atoms with Gasteiger partial charge in [-0.3, -0.25) is 5.32 Å². The van der Waals surface area contributed by atoms with E-state index >= 15 is 0 Å². The predicted molar refractivity (Wildman–Crippen MR) is 80.4 cm³/mol. The van der Waals surface area contributed by atoms with E-state index in [2.05, 4.69) is 10.3 Å². The van der Waals surface area contributed by atoms with Crippen molar-refractivity contribution in [3.63, 3.8) is 0 Å². The van der Waals surface area contributed by atoms with Crippen LogP contribution in [-0.2, 0) is 15.6 Å². The van der Waals surface area contributed by atoms with Crippen molar-refractivity contribution in [2.75, 3.05) is 18.6 Å². The van der Waals surface area contributed by atoms with Crippen molar-refractivity contribution in [3.05, 3.63) is 29.8 Å². The maximum absolute atomic E-state index is 11.6. The van der Waals surface area contributed by atoms with Crippen LogP contribution < -0.4 is 5.32 Å². The summed E-state index contributed by atoms with van der Waals surface area (Å²) in [6, 6.07) is 6.69. The van der Waals surface area contributed by atoms with E-state index in [1.807, 2.05) is 0 Å². The molecule has 0 aliphatic rings. The fourth-order valence-electron chi connectivity index (χ4n) is 1.42. The minimum atomic E-state index is -3.28. The fraction of sp³-hybridized carbons (Fsp3) is 0.333. The molecule has 20 heavy (non-hydrogen) atoms. The Labute approximate surface area is 122 Å². The molecule has 0 spiro atoms. The van der Waals surface area contributed by atoms with Crippen molar-refractivity contribution < 1.29 is 13.5 Å². The topological polar surface area (TPSA) is 103 Å². The zero-order valence-corrected chi connectivity index (χ0v) is 12.5. The summed E-state index contributed by atoms with van der Waals surface area (Å²) >= 11 is 1.30. The van der Waals surface area contributed by atoms with Gasteiger partial charge in [0.25, 0.3) is 0 Å². The molecule has 0 saturated heterocycles. The summed E-state index contributed by atoms with van der Waals surface area (Å²) in [5.74, 6) is -0.348. The van der Waals surface area contributed by atoms with E-state index in [0.29, 0.717) is 16.4 Å². The zero-order valence-electron chi connectivity index (χ0n) is 10.9. The summed E-state index contributed by atoms with van der Waals surface area (Å²) in [7, 11) is -3.28. The number of nitriles is 1. The van der Waals surface area contributed by atoms with Crippen LogP contribution in [0.4, 0.5) is 5.69 Å². The number of hydrogen-bond donors (Lipinski definition) is 2. The summed E-state index contributed by atoms with van der Waals surface area (Å²) in [6.07, 6.45) is 3.58. The van der Waals surface area contributed by atoms with Gasteiger partial charge in [-0.25, -0.2) is 13.4 Å². The van der Waals surface area contributed by atoms with Crippen LogP contribution in [0.3, 0.4) is 0 Å². The molecule has 0 unspecified atom stereocenters. The molecule has 0 amide bonds. The van der Waals surface area contributed by atoms with E-state index in [9.17, 15) is 8.42 Å². The summed E-state index contributed by atoms with van der Waals surface area (Å²) in [5.41, 5.74) is 1.26. The summed E-state index contributed by atoms with van der Waals surface area (Å²) in [6.45, 7) is -0.373. The lowest BCUT2D eigenvalue weighted by Gasteiger charge is -2.04. The van der Waals surface area contributed by atoms with Crippen LogP contribution in [0.1, 0.15) is 5.56 Å². The lowest BCUT2D eigenvalue weighted by molar-refractivity contribution is 0.319. The Morgan fingerprint density at radius 2 is 2.10 bits per heavy atom. The smallest absolute Gasteiger partial charge is 0.183 e. The number of aliphatic hydroxyl groups is 1. The molecule has 1 aromatic rings. The van der Waals surface area contributed by atoms with Gasteiger partial charge in [-0.15, -0.1) is 0 Å². The molecule has 2 N–H and O–H groups in total. The van der Waals surface area contributed by atoms with Crippen LogP contribution in [0, 0.1) is 11.5 Å². The van der Waals surface area contributed by atoms with Gasteiger partial charge in [-0.1, -0.05) is 23.9 Å². The highest BCUT2D eigenvalue weighted by Crippen LogP contribution is 2.16. The average molecular weight is 313 g/mol. The Kier molecular flexibility index (Phi) is 6.51. The molecule has 0 bridgehead atoms. The first-order valence-corrected chi connectivity index (χ1v) is 8.73. The number of aliphatic imine (C=N–C) groups is 1. The van der Waals surface area contributed by atoms with Crippen molar-refractivity contribution >= 4 is 32.5 Å². The standard InChI is InChI=1S/C12H15N3O3S2/c1-19-12(14-9-13)15-11-4-2-10(3-5-11)8-20(17,18)7-6-16/h2-5,16H,6-8H2,1H3,(H,14,15). The quantitative estimate of drug-likeness (QED) is 0.364. The third-order valence-electron chi connectivity index (χ3n) is 2.31. The first-order valence-electron chi connectivity index (χ1n) is 5.69. The number of sulfone groups is 1. The van der Waals surface area contributed by atoms with Crippen LogP contribution in [-0.4, -0.2) is 37.3 Å². The van der Waals surface area contributed by atoms with Gasteiger partial charge in [0.2, 0.25) is 0 Å². The van der Waals surface area contributed by atoms with Crippen LogP contribution in [0.2, 0.25) is 0 Å². The molecule has 1 aromatic carbocycles. The highest BCUT2D eigenvalue weighted by molar-refractivity contribution is 8.13. The van der Waals surface area contributed by atoms with Crippen LogP contribution in [0.25, 0.3) is 0 Å². The number of thioether (sulfide) groups is 1. The molecular formula is C12H15N3O3S2. The molecule has 0 aromatic heterocycles. The van der Waals surface area contributed by atoms with Crippen molar-refractivity contribution in [3.8, 4) is 6.19 Å². The first-order chi connectivity index (χ1) is 9.50. The van der Waals surface area contributed by atoms with E-state index in [1.165, 1.54) is 11.8 Å². The molecule has 1 rings (SSSR count). The average Bonchev–Trinajstić information content (AvgIpc) is 2.40. The molecule has 0 saturated carbocycles. The number of amidine groups is 1. The van der Waals surface area contributed by atoms with Gasteiger partial charge >= 0.3 is 0 Å².